The van der Waals surface area contributed by atoms with Crippen molar-refractivity contribution in [1.29, 1.82) is 0 Å². The number of esters is 1. The number of thiophene rings is 1. The maximum absolute atomic E-state index is 12.6. The quantitative estimate of drug-likeness (QED) is 0.324. The molecule has 0 saturated carbocycles. The summed E-state index contributed by atoms with van der Waals surface area (Å²) in [5.74, 6) is -0.162. The van der Waals surface area contributed by atoms with Crippen LogP contribution in [-0.2, 0) is 31.5 Å². The highest BCUT2D eigenvalue weighted by molar-refractivity contribution is 7.90. The third kappa shape index (κ3) is 6.02. The summed E-state index contributed by atoms with van der Waals surface area (Å²) in [4.78, 5) is 25.7. The lowest BCUT2D eigenvalue weighted by Crippen LogP contribution is -2.20. The lowest BCUT2D eigenvalue weighted by atomic mass is 10.1. The monoisotopic (exact) mass is 491 g/mol. The molecular formula is C23H25NO7S2. The number of benzene rings is 1. The van der Waals surface area contributed by atoms with Gasteiger partial charge in [0, 0.05) is 11.0 Å². The Bertz CT molecular complexity index is 1200. The van der Waals surface area contributed by atoms with Crippen LogP contribution in [0.2, 0.25) is 0 Å². The molecule has 0 unspecified atom stereocenters. The third-order valence-corrected chi connectivity index (χ3v) is 7.68. The molecule has 10 heteroatoms. The fraction of sp³-hybridized carbons (Fsp3) is 0.304. The number of nitrogens with one attached hydrogen (secondary N) is 1. The van der Waals surface area contributed by atoms with Gasteiger partial charge < -0.3 is 19.5 Å². The van der Waals surface area contributed by atoms with Gasteiger partial charge in [-0.25, -0.2) is 13.2 Å². The second-order valence-corrected chi connectivity index (χ2v) is 10.4. The minimum Gasteiger partial charge on any atom is -0.493 e. The van der Waals surface area contributed by atoms with Crippen molar-refractivity contribution in [1.82, 2.24) is 0 Å². The SMILES string of the molecule is C=CCOc1ccc(/C=C/C(=O)Nc2sc3c(c2C(=O)OCC)CCS(=O)(=O)C3)cc1OC. The average molecular weight is 492 g/mol. The van der Waals surface area contributed by atoms with Crippen LogP contribution in [0.4, 0.5) is 5.00 Å². The van der Waals surface area contributed by atoms with Gasteiger partial charge in [-0.05, 0) is 42.7 Å². The van der Waals surface area contributed by atoms with Crippen molar-refractivity contribution in [3.05, 3.63) is 58.5 Å². The minimum absolute atomic E-state index is 0.0369. The Morgan fingerprint density at radius 1 is 1.27 bits per heavy atom. The number of carbonyl (C=O) groups excluding carboxylic acids is 2. The standard InChI is InChI=1S/C23H25NO7S2/c1-4-11-31-17-8-6-15(13-18(17)29-3)7-9-20(25)24-22-21(23(26)30-5-2)16-10-12-33(27,28)14-19(16)32-22/h4,6-9,13H,1,5,10-12,14H2,2-3H3,(H,24,25)/b9-7+. The van der Waals surface area contributed by atoms with E-state index in [0.29, 0.717) is 34.1 Å². The minimum atomic E-state index is -3.22. The van der Waals surface area contributed by atoms with E-state index < -0.39 is 21.7 Å². The van der Waals surface area contributed by atoms with Crippen LogP contribution in [0.1, 0.15) is 33.3 Å². The summed E-state index contributed by atoms with van der Waals surface area (Å²) in [7, 11) is -1.70. The van der Waals surface area contributed by atoms with Gasteiger partial charge in [0.05, 0.1) is 30.8 Å². The predicted molar refractivity (Wildman–Crippen MR) is 128 cm³/mol. The largest absolute Gasteiger partial charge is 0.493 e. The lowest BCUT2D eigenvalue weighted by molar-refractivity contribution is -0.111. The first-order chi connectivity index (χ1) is 15.8. The van der Waals surface area contributed by atoms with E-state index in [1.807, 2.05) is 0 Å². The highest BCUT2D eigenvalue weighted by Gasteiger charge is 2.31. The van der Waals surface area contributed by atoms with Gasteiger partial charge in [-0.15, -0.1) is 11.3 Å². The van der Waals surface area contributed by atoms with Gasteiger partial charge in [0.1, 0.15) is 11.6 Å². The van der Waals surface area contributed by atoms with E-state index in [1.165, 1.54) is 13.2 Å². The number of ether oxygens (including phenoxy) is 3. The molecule has 1 N–H and O–H groups in total. The number of hydrogen-bond donors (Lipinski definition) is 1. The molecule has 0 radical (unpaired) electrons. The molecule has 0 aliphatic carbocycles. The summed E-state index contributed by atoms with van der Waals surface area (Å²) in [5.41, 5.74) is 1.57. The van der Waals surface area contributed by atoms with Crippen molar-refractivity contribution in [3.63, 3.8) is 0 Å². The van der Waals surface area contributed by atoms with E-state index in [0.717, 1.165) is 11.3 Å². The van der Waals surface area contributed by atoms with Crippen LogP contribution in [0.3, 0.4) is 0 Å². The zero-order chi connectivity index (χ0) is 24.0. The molecule has 3 rings (SSSR count). The van der Waals surface area contributed by atoms with Gasteiger partial charge >= 0.3 is 5.97 Å². The van der Waals surface area contributed by atoms with E-state index in [9.17, 15) is 18.0 Å². The molecule has 0 bridgehead atoms. The van der Waals surface area contributed by atoms with Crippen molar-refractivity contribution in [2.24, 2.45) is 0 Å². The molecule has 0 saturated heterocycles. The van der Waals surface area contributed by atoms with E-state index in [2.05, 4.69) is 11.9 Å². The number of sulfone groups is 1. The summed E-state index contributed by atoms with van der Waals surface area (Å²) in [6.07, 6.45) is 4.76. The van der Waals surface area contributed by atoms with Crippen LogP contribution in [0.5, 0.6) is 11.5 Å². The fourth-order valence-electron chi connectivity index (χ4n) is 3.31. The highest BCUT2D eigenvalue weighted by Crippen LogP contribution is 2.38. The summed E-state index contributed by atoms with van der Waals surface area (Å²) in [6.45, 7) is 5.80. The number of fused-ring (bicyclic) bond motifs is 1. The van der Waals surface area contributed by atoms with Crippen LogP contribution in [0.15, 0.2) is 36.9 Å². The Morgan fingerprint density at radius 2 is 2.06 bits per heavy atom. The second-order valence-electron chi connectivity index (χ2n) is 7.10. The first-order valence-corrected chi connectivity index (χ1v) is 12.8. The van der Waals surface area contributed by atoms with Crippen LogP contribution in [-0.4, -0.2) is 46.4 Å². The number of hydrogen-bond acceptors (Lipinski definition) is 8. The van der Waals surface area contributed by atoms with Crippen LogP contribution in [0.25, 0.3) is 6.08 Å². The van der Waals surface area contributed by atoms with Crippen LogP contribution >= 0.6 is 11.3 Å². The normalized spacial score (nSPS) is 14.4. The second kappa shape index (κ2) is 10.7. The van der Waals surface area contributed by atoms with E-state index in [-0.39, 0.29) is 35.1 Å². The number of rotatable bonds is 9. The molecule has 0 atom stereocenters. The predicted octanol–water partition coefficient (Wildman–Crippen LogP) is 3.62. The molecule has 1 aromatic heterocycles. The van der Waals surface area contributed by atoms with E-state index in [4.69, 9.17) is 14.2 Å². The highest BCUT2D eigenvalue weighted by atomic mass is 32.2. The molecule has 1 aliphatic heterocycles. The summed E-state index contributed by atoms with van der Waals surface area (Å²) >= 11 is 1.09. The van der Waals surface area contributed by atoms with Crippen LogP contribution < -0.4 is 14.8 Å². The summed E-state index contributed by atoms with van der Waals surface area (Å²) in [6, 6.07) is 5.22. The van der Waals surface area contributed by atoms with Gasteiger partial charge in [-0.2, -0.15) is 0 Å². The number of amides is 1. The van der Waals surface area contributed by atoms with Gasteiger partial charge in [0.2, 0.25) is 5.91 Å². The number of carbonyl (C=O) groups is 2. The van der Waals surface area contributed by atoms with E-state index >= 15 is 0 Å². The molecule has 1 aromatic carbocycles. The van der Waals surface area contributed by atoms with Crippen molar-refractivity contribution >= 4 is 44.1 Å². The van der Waals surface area contributed by atoms with Crippen molar-refractivity contribution in [2.75, 3.05) is 31.4 Å². The maximum Gasteiger partial charge on any atom is 0.341 e. The van der Waals surface area contributed by atoms with Gasteiger partial charge in [-0.1, -0.05) is 18.7 Å². The molecule has 2 aromatic rings. The summed E-state index contributed by atoms with van der Waals surface area (Å²) < 4.78 is 40.0. The lowest BCUT2D eigenvalue weighted by Gasteiger charge is -2.13. The van der Waals surface area contributed by atoms with Gasteiger partial charge in [-0.3, -0.25) is 4.79 Å². The maximum atomic E-state index is 12.6. The molecule has 0 fully saturated rings. The van der Waals surface area contributed by atoms with E-state index in [1.54, 1.807) is 37.3 Å². The first kappa shape index (κ1) is 24.5. The van der Waals surface area contributed by atoms with Crippen molar-refractivity contribution in [3.8, 4) is 11.5 Å². The fourth-order valence-corrected chi connectivity index (χ4v) is 6.35. The zero-order valence-corrected chi connectivity index (χ0v) is 20.0. The molecule has 0 spiro atoms. The average Bonchev–Trinajstić information content (AvgIpc) is 3.12. The van der Waals surface area contributed by atoms with Crippen molar-refractivity contribution in [2.45, 2.75) is 19.1 Å². The number of methoxy groups -OCH3 is 1. The Balaban J connectivity index is 1.81. The summed E-state index contributed by atoms with van der Waals surface area (Å²) in [5, 5.41) is 2.99. The Hall–Kier alpha value is -3.11. The Morgan fingerprint density at radius 3 is 2.76 bits per heavy atom. The molecule has 2 heterocycles. The first-order valence-electron chi connectivity index (χ1n) is 10.2. The smallest absolute Gasteiger partial charge is 0.341 e. The number of anilines is 1. The van der Waals surface area contributed by atoms with Crippen molar-refractivity contribution < 1.29 is 32.2 Å². The molecule has 176 valence electrons. The molecule has 1 amide bonds. The molecule has 1 aliphatic rings. The molecular weight excluding hydrogens is 466 g/mol. The third-order valence-electron chi connectivity index (χ3n) is 4.79. The Kier molecular flexibility index (Phi) is 7.93. The van der Waals surface area contributed by atoms with Gasteiger partial charge in [0.25, 0.3) is 0 Å². The Labute approximate surface area is 196 Å². The van der Waals surface area contributed by atoms with Crippen LogP contribution in [0, 0.1) is 0 Å². The molecule has 8 nitrogen and oxygen atoms in total. The molecule has 33 heavy (non-hydrogen) atoms. The topological polar surface area (TPSA) is 108 Å². The zero-order valence-electron chi connectivity index (χ0n) is 18.4. The van der Waals surface area contributed by atoms with Gasteiger partial charge in [0.15, 0.2) is 21.3 Å².